The minimum absolute atomic E-state index is 0.119. The van der Waals surface area contributed by atoms with Gasteiger partial charge in [-0.3, -0.25) is 4.90 Å². The Kier molecular flexibility index (Phi) is 51.7. The molecule has 16 nitrogen and oxygen atoms in total. The van der Waals surface area contributed by atoms with E-state index >= 15 is 0 Å². The van der Waals surface area contributed by atoms with E-state index in [1.807, 2.05) is 0 Å². The van der Waals surface area contributed by atoms with Gasteiger partial charge in [-0.2, -0.15) is 0 Å². The van der Waals surface area contributed by atoms with Gasteiger partial charge in [-0.25, -0.2) is 0 Å². The number of aliphatic hydroxyl groups excluding tert-OH is 1. The van der Waals surface area contributed by atoms with E-state index in [0.717, 1.165) is 211 Å². The zero-order chi connectivity index (χ0) is 73.0. The molecule has 16 heteroatoms. The lowest BCUT2D eigenvalue weighted by atomic mass is 9.79. The van der Waals surface area contributed by atoms with Crippen molar-refractivity contribution in [3.63, 3.8) is 0 Å². The normalized spacial score (nSPS) is 25.4. The number of ether oxygens (including phenoxy) is 10. The standard InChI is InChI=1S/C10H21N.C9H19NO.C9H18O2.C8H17NO.C8H16O2.2C8H16O.2C7H14O2.C7H14O/c1-4-11-7-5-6-10(11)8-9(2)3;1-8(2)6-9-7-11-5-4-10(9)3;1-8(2)7-9(10)3-5-11-6-4-9;1-7(2)5-8-6-10-4-3-9-8;1-7(2)3-8(4-9)5-10-6-8;1-7(2)4-8(3)5-9-6-8;1-7(2)5-8-3-4-9-6-8;1-6(2)3-7(8)4-9-5-7;1-6(2)9-7-3-4-8-5-7;1-6(2)3-7-4-8-5-7/h9-10H,4-8H2,1-3H3;8-9H,4-7H2,1-3H3;8,10H,3-7H2,1-2H3;7-9H,3-6H2,1-2H3;7,9H,3-6H2,1-2H3;7H,4-6H2,1-3H3;7-8H,3-6H2,1-2H3;6,8H,3-5H2,1-2H3;6-7H,3-5H2,1-2H3;6-7H,3-5H2,1-2H3. The number of likely N-dealkylation sites (tertiary alicyclic amines) is 1. The molecule has 4 N–H and O–H groups in total. The fourth-order valence-corrected chi connectivity index (χ4v) is 14.5. The third-order valence-corrected chi connectivity index (χ3v) is 18.9. The maximum atomic E-state index is 9.96. The van der Waals surface area contributed by atoms with Crippen LogP contribution in [0.2, 0.25) is 0 Å². The Balaban J connectivity index is 0.000000540. The molecule has 582 valence electrons. The second-order valence-electron chi connectivity index (χ2n) is 35.2. The van der Waals surface area contributed by atoms with E-state index in [-0.39, 0.29) is 12.0 Å². The highest BCUT2D eigenvalue weighted by Gasteiger charge is 2.39. The van der Waals surface area contributed by atoms with E-state index in [9.17, 15) is 10.2 Å². The van der Waals surface area contributed by atoms with Gasteiger partial charge in [-0.1, -0.05) is 138 Å². The van der Waals surface area contributed by atoms with Gasteiger partial charge in [0.25, 0.3) is 0 Å². The Bertz CT molecular complexity index is 1720. The van der Waals surface area contributed by atoms with Crippen LogP contribution in [0.15, 0.2) is 0 Å². The van der Waals surface area contributed by atoms with Crippen LogP contribution in [-0.4, -0.2) is 225 Å². The summed E-state index contributed by atoms with van der Waals surface area (Å²) in [4.78, 5) is 5.03. The van der Waals surface area contributed by atoms with E-state index in [2.05, 4.69) is 174 Å². The molecule has 0 bridgehead atoms. The van der Waals surface area contributed by atoms with Crippen LogP contribution in [0.1, 0.15) is 249 Å². The number of morpholine rings is 2. The molecule has 10 aliphatic heterocycles. The lowest BCUT2D eigenvalue weighted by Gasteiger charge is -2.41. The zero-order valence-corrected chi connectivity index (χ0v) is 67.9. The third kappa shape index (κ3) is 48.2. The number of likely N-dealkylation sites (N-methyl/N-ethyl adjacent to an activating group) is 1. The van der Waals surface area contributed by atoms with Gasteiger partial charge in [0.05, 0.1) is 110 Å². The molecule has 0 saturated carbocycles. The van der Waals surface area contributed by atoms with Gasteiger partial charge in [-0.05, 0) is 189 Å². The molecular formula is C81H165N3O13. The number of nitrogens with zero attached hydrogens (tertiary/aromatic N) is 2. The second kappa shape index (κ2) is 53.2. The highest BCUT2D eigenvalue weighted by atomic mass is 16.6. The Hall–Kier alpha value is -0.640. The molecule has 10 saturated heterocycles. The van der Waals surface area contributed by atoms with Crippen molar-refractivity contribution in [1.82, 2.24) is 15.1 Å². The monoisotopic (exact) mass is 1390 g/mol. The van der Waals surface area contributed by atoms with Gasteiger partial charge < -0.3 is 72.9 Å². The summed E-state index contributed by atoms with van der Waals surface area (Å²) in [6, 6.07) is 2.16. The van der Waals surface area contributed by atoms with E-state index < -0.39 is 11.2 Å². The molecule has 0 spiro atoms. The van der Waals surface area contributed by atoms with Gasteiger partial charge in [0.2, 0.25) is 0 Å². The Labute approximate surface area is 600 Å². The second-order valence-corrected chi connectivity index (χ2v) is 35.2. The van der Waals surface area contributed by atoms with Gasteiger partial charge in [-0.15, -0.1) is 0 Å². The SMILES string of the molecule is CC(C)CC1(C)COC1.CC(C)CC1(CO)COC1.CC(C)CC1(O)CCOCC1.CC(C)CC1(O)COC1.CC(C)CC1CCOC1.CC(C)CC1COC1.CC(C)CC1COCCN1.CC(C)CC1COCCN1C.CC(C)OC1CCOC1.CCN1CCCC1CC(C)C. The van der Waals surface area contributed by atoms with E-state index in [1.54, 1.807) is 0 Å². The summed E-state index contributed by atoms with van der Waals surface area (Å²) < 4.78 is 51.9. The summed E-state index contributed by atoms with van der Waals surface area (Å²) in [5.74, 6) is 8.50. The van der Waals surface area contributed by atoms with Crippen LogP contribution < -0.4 is 5.32 Å². The predicted octanol–water partition coefficient (Wildman–Crippen LogP) is 15.3. The number of nitrogens with one attached hydrogen (secondary N) is 1. The zero-order valence-electron chi connectivity index (χ0n) is 67.9. The maximum Gasteiger partial charge on any atom is 0.111 e. The Morgan fingerprint density at radius 2 is 0.938 bits per heavy atom. The van der Waals surface area contributed by atoms with E-state index in [0.29, 0.717) is 60.7 Å². The van der Waals surface area contributed by atoms with Crippen molar-refractivity contribution < 1.29 is 62.7 Å². The summed E-state index contributed by atoms with van der Waals surface area (Å²) in [5.41, 5.74) is -0.261. The fourth-order valence-electron chi connectivity index (χ4n) is 14.5. The highest BCUT2D eigenvalue weighted by Crippen LogP contribution is 2.35. The first kappa shape index (κ1) is 94.4. The minimum Gasteiger partial charge on any atom is -0.396 e. The smallest absolute Gasteiger partial charge is 0.111 e. The maximum absolute atomic E-state index is 9.96. The molecule has 5 unspecified atom stereocenters. The summed E-state index contributed by atoms with van der Waals surface area (Å²) in [7, 11) is 2.19. The molecule has 10 aliphatic rings. The van der Waals surface area contributed by atoms with Crippen molar-refractivity contribution in [2.75, 3.05) is 159 Å². The minimum atomic E-state index is -0.478. The third-order valence-electron chi connectivity index (χ3n) is 18.9. The van der Waals surface area contributed by atoms with Crippen molar-refractivity contribution in [1.29, 1.82) is 0 Å². The first-order chi connectivity index (χ1) is 45.6. The molecule has 97 heavy (non-hydrogen) atoms. The Morgan fingerprint density at radius 3 is 1.29 bits per heavy atom. The molecule has 0 amide bonds. The van der Waals surface area contributed by atoms with Crippen molar-refractivity contribution in [3.05, 3.63) is 0 Å². The van der Waals surface area contributed by atoms with Crippen LogP contribution in [0.25, 0.3) is 0 Å². The van der Waals surface area contributed by atoms with Crippen molar-refractivity contribution in [2.24, 2.45) is 75.9 Å². The van der Waals surface area contributed by atoms with Crippen LogP contribution in [0.3, 0.4) is 0 Å². The molecular weight excluding hydrogens is 1220 g/mol. The quantitative estimate of drug-likeness (QED) is 0.0806. The number of aliphatic hydroxyl groups is 3. The lowest BCUT2D eigenvalue weighted by molar-refractivity contribution is -0.185. The molecule has 0 radical (unpaired) electrons. The molecule has 10 heterocycles. The van der Waals surface area contributed by atoms with Gasteiger partial charge in [0, 0.05) is 81.0 Å². The summed E-state index contributed by atoms with van der Waals surface area (Å²) in [6.45, 7) is 69.1. The number of hydrogen-bond donors (Lipinski definition) is 4. The molecule has 0 aliphatic carbocycles. The average molecular weight is 1390 g/mol. The summed E-state index contributed by atoms with van der Waals surface area (Å²) >= 11 is 0. The molecule has 0 aromatic heterocycles. The van der Waals surface area contributed by atoms with E-state index in [4.69, 9.17) is 52.5 Å². The first-order valence-electron chi connectivity index (χ1n) is 39.7. The summed E-state index contributed by atoms with van der Waals surface area (Å²) in [5, 5.41) is 31.8. The number of hydrogen-bond acceptors (Lipinski definition) is 16. The molecule has 5 atom stereocenters. The van der Waals surface area contributed by atoms with Crippen molar-refractivity contribution in [3.8, 4) is 0 Å². The van der Waals surface area contributed by atoms with Crippen molar-refractivity contribution >= 4 is 0 Å². The van der Waals surface area contributed by atoms with Gasteiger partial charge in [0.1, 0.15) is 5.60 Å². The lowest BCUT2D eigenvalue weighted by Crippen LogP contribution is -2.50. The van der Waals surface area contributed by atoms with Crippen LogP contribution >= 0.6 is 0 Å². The predicted molar refractivity (Wildman–Crippen MR) is 404 cm³/mol. The van der Waals surface area contributed by atoms with E-state index in [1.165, 1.54) is 70.9 Å². The van der Waals surface area contributed by atoms with Crippen LogP contribution in [-0.2, 0) is 47.4 Å². The molecule has 0 aromatic rings. The molecule has 10 rings (SSSR count). The number of rotatable bonds is 22. The Morgan fingerprint density at radius 1 is 0.443 bits per heavy atom. The summed E-state index contributed by atoms with van der Waals surface area (Å²) in [6.07, 6.45) is 18.3. The molecule has 0 aromatic carbocycles. The highest BCUT2D eigenvalue weighted by molar-refractivity contribution is 4.87. The fraction of sp³-hybridized carbons (Fsp3) is 1.00. The van der Waals surface area contributed by atoms with Crippen LogP contribution in [0.5, 0.6) is 0 Å². The topological polar surface area (TPSA) is 172 Å². The van der Waals surface area contributed by atoms with Gasteiger partial charge in [0.15, 0.2) is 0 Å². The molecule has 10 fully saturated rings. The van der Waals surface area contributed by atoms with Crippen LogP contribution in [0.4, 0.5) is 0 Å². The average Bonchev–Trinajstić information content (AvgIpc) is 1.86. The van der Waals surface area contributed by atoms with Gasteiger partial charge >= 0.3 is 0 Å². The first-order valence-corrected chi connectivity index (χ1v) is 39.7. The van der Waals surface area contributed by atoms with Crippen LogP contribution in [0, 0.1) is 75.9 Å². The van der Waals surface area contributed by atoms with Crippen molar-refractivity contribution in [2.45, 2.75) is 290 Å². The largest absolute Gasteiger partial charge is 0.396 e.